The van der Waals surface area contributed by atoms with Crippen LogP contribution in [0.25, 0.3) is 10.9 Å². The maximum atomic E-state index is 12.4. The molecule has 0 fully saturated rings. The van der Waals surface area contributed by atoms with E-state index in [0.717, 1.165) is 11.1 Å². The van der Waals surface area contributed by atoms with Crippen molar-refractivity contribution >= 4 is 22.5 Å². The molecule has 2 N–H and O–H groups in total. The van der Waals surface area contributed by atoms with Crippen molar-refractivity contribution in [2.24, 2.45) is 10.2 Å². The minimum Gasteiger partial charge on any atom is -0.493 e. The van der Waals surface area contributed by atoms with E-state index in [1.165, 1.54) is 0 Å². The van der Waals surface area contributed by atoms with Crippen molar-refractivity contribution in [2.75, 3.05) is 6.61 Å². The van der Waals surface area contributed by atoms with Crippen LogP contribution in [-0.4, -0.2) is 28.7 Å². The Hall–Kier alpha value is -3.35. The topological polar surface area (TPSA) is 96.3 Å². The number of aromatic hydroxyl groups is 1. The second-order valence-electron chi connectivity index (χ2n) is 6.68. The zero-order valence-electron chi connectivity index (χ0n) is 15.0. The zero-order chi connectivity index (χ0) is 19.0. The highest BCUT2D eigenvalue weighted by Gasteiger charge is 2.27. The third-order valence-corrected chi connectivity index (χ3v) is 4.48. The van der Waals surface area contributed by atoms with Gasteiger partial charge in [0.2, 0.25) is 12.0 Å². The van der Waals surface area contributed by atoms with Crippen LogP contribution in [0.4, 0.5) is 5.69 Å². The molecule has 0 saturated carbocycles. The number of hydrogen-bond donors (Lipinski definition) is 2. The molecule has 7 nitrogen and oxygen atoms in total. The van der Waals surface area contributed by atoms with Gasteiger partial charge < -0.3 is 19.6 Å². The fourth-order valence-electron chi connectivity index (χ4n) is 2.95. The Balaban J connectivity index is 1.58. The van der Waals surface area contributed by atoms with E-state index in [1.54, 1.807) is 18.2 Å². The number of rotatable bonds is 3. The van der Waals surface area contributed by atoms with Gasteiger partial charge in [0.25, 0.3) is 0 Å². The minimum atomic E-state index is -0.873. The van der Waals surface area contributed by atoms with Crippen LogP contribution in [0.3, 0.4) is 0 Å². The molecule has 2 heterocycles. The van der Waals surface area contributed by atoms with E-state index in [-0.39, 0.29) is 18.2 Å². The lowest BCUT2D eigenvalue weighted by atomic mass is 10.0. The molecule has 27 heavy (non-hydrogen) atoms. The number of benzene rings is 2. The van der Waals surface area contributed by atoms with E-state index < -0.39 is 12.0 Å². The first-order valence-electron chi connectivity index (χ1n) is 8.71. The van der Waals surface area contributed by atoms with Gasteiger partial charge in [0.1, 0.15) is 6.61 Å². The van der Waals surface area contributed by atoms with E-state index in [0.29, 0.717) is 22.8 Å². The fourth-order valence-corrected chi connectivity index (χ4v) is 2.95. The van der Waals surface area contributed by atoms with Crippen LogP contribution in [0, 0.1) is 0 Å². The molecule has 1 aliphatic rings. The Morgan fingerprint density at radius 1 is 1.22 bits per heavy atom. The number of ether oxygens (including phenoxy) is 2. The Kier molecular flexibility index (Phi) is 4.27. The number of aromatic nitrogens is 1. The first kappa shape index (κ1) is 17.1. The summed E-state index contributed by atoms with van der Waals surface area (Å²) in [4.78, 5) is 15.2. The summed E-state index contributed by atoms with van der Waals surface area (Å²) in [6.45, 7) is 4.22. The monoisotopic (exact) mass is 365 g/mol. The molecule has 138 valence electrons. The van der Waals surface area contributed by atoms with Gasteiger partial charge >= 0.3 is 5.91 Å². The van der Waals surface area contributed by atoms with Crippen molar-refractivity contribution in [3.8, 4) is 17.4 Å². The number of para-hydroxylation sites is 2. The van der Waals surface area contributed by atoms with Crippen LogP contribution in [0.15, 0.2) is 52.7 Å². The molecule has 0 radical (unpaired) electrons. The van der Waals surface area contributed by atoms with Gasteiger partial charge in [-0.15, -0.1) is 10.2 Å². The SMILES string of the molecule is CC(C)c1ccc2[nH]c(O)c(N=NC(=O)[C@H]3COc4ccccc4O3)c2c1. The van der Waals surface area contributed by atoms with Gasteiger partial charge in [-0.25, -0.2) is 0 Å². The smallest absolute Gasteiger partial charge is 0.308 e. The Morgan fingerprint density at radius 3 is 2.78 bits per heavy atom. The van der Waals surface area contributed by atoms with Crippen molar-refractivity contribution in [1.82, 2.24) is 4.98 Å². The van der Waals surface area contributed by atoms with Gasteiger partial charge in [0, 0.05) is 5.39 Å². The van der Waals surface area contributed by atoms with Crippen molar-refractivity contribution in [3.63, 3.8) is 0 Å². The Bertz CT molecular complexity index is 1040. The second kappa shape index (κ2) is 6.75. The zero-order valence-corrected chi connectivity index (χ0v) is 15.0. The minimum absolute atomic E-state index is 0.0617. The van der Waals surface area contributed by atoms with Crippen LogP contribution >= 0.6 is 0 Å². The quantitative estimate of drug-likeness (QED) is 0.670. The van der Waals surface area contributed by atoms with E-state index in [4.69, 9.17) is 9.47 Å². The molecule has 2 aromatic carbocycles. The van der Waals surface area contributed by atoms with Crippen LogP contribution in [0.1, 0.15) is 25.3 Å². The normalized spacial score (nSPS) is 16.3. The van der Waals surface area contributed by atoms with Gasteiger partial charge in [-0.3, -0.25) is 4.79 Å². The molecule has 1 amide bonds. The Morgan fingerprint density at radius 2 is 2.00 bits per heavy atom. The van der Waals surface area contributed by atoms with E-state index >= 15 is 0 Å². The van der Waals surface area contributed by atoms with Crippen LogP contribution in [0.2, 0.25) is 0 Å². The molecular weight excluding hydrogens is 346 g/mol. The maximum absolute atomic E-state index is 12.4. The first-order valence-corrected chi connectivity index (χ1v) is 8.71. The number of carbonyl (C=O) groups excluding carboxylic acids is 1. The first-order chi connectivity index (χ1) is 13.0. The number of carbonyl (C=O) groups is 1. The summed E-state index contributed by atoms with van der Waals surface area (Å²) in [6.07, 6.45) is -0.873. The summed E-state index contributed by atoms with van der Waals surface area (Å²) in [5.74, 6) is 0.709. The average molecular weight is 365 g/mol. The van der Waals surface area contributed by atoms with Gasteiger partial charge in [0.15, 0.2) is 17.2 Å². The fraction of sp³-hybridized carbons (Fsp3) is 0.250. The van der Waals surface area contributed by atoms with Gasteiger partial charge in [0.05, 0.1) is 5.52 Å². The summed E-state index contributed by atoms with van der Waals surface area (Å²) in [6, 6.07) is 12.9. The molecule has 3 aromatic rings. The van der Waals surface area contributed by atoms with Crippen molar-refractivity contribution < 1.29 is 19.4 Å². The number of nitrogens with zero attached hydrogens (tertiary/aromatic N) is 2. The summed E-state index contributed by atoms with van der Waals surface area (Å²) in [7, 11) is 0. The molecule has 1 aliphatic heterocycles. The summed E-state index contributed by atoms with van der Waals surface area (Å²) in [5.41, 5.74) is 2.06. The van der Waals surface area contributed by atoms with Crippen molar-refractivity contribution in [3.05, 3.63) is 48.0 Å². The van der Waals surface area contributed by atoms with Gasteiger partial charge in [-0.1, -0.05) is 32.0 Å². The summed E-state index contributed by atoms with van der Waals surface area (Å²) >= 11 is 0. The highest BCUT2D eigenvalue weighted by Crippen LogP contribution is 2.37. The summed E-state index contributed by atoms with van der Waals surface area (Å²) < 4.78 is 11.2. The molecule has 7 heteroatoms. The van der Waals surface area contributed by atoms with Gasteiger partial charge in [-0.2, -0.15) is 0 Å². The number of fused-ring (bicyclic) bond motifs is 2. The molecule has 1 aromatic heterocycles. The average Bonchev–Trinajstić information content (AvgIpc) is 2.99. The van der Waals surface area contributed by atoms with Crippen LogP contribution in [0.5, 0.6) is 17.4 Å². The van der Waals surface area contributed by atoms with E-state index in [9.17, 15) is 9.90 Å². The molecule has 0 spiro atoms. The number of H-pyrrole nitrogens is 1. The highest BCUT2D eigenvalue weighted by atomic mass is 16.6. The maximum Gasteiger partial charge on any atom is 0.308 e. The highest BCUT2D eigenvalue weighted by molar-refractivity contribution is 5.95. The molecule has 0 aliphatic carbocycles. The van der Waals surface area contributed by atoms with Crippen molar-refractivity contribution in [2.45, 2.75) is 25.9 Å². The molecular formula is C20H19N3O4. The molecule has 1 atom stereocenters. The number of aromatic amines is 1. The number of nitrogens with one attached hydrogen (secondary N) is 1. The lowest BCUT2D eigenvalue weighted by molar-refractivity contribution is -0.127. The molecule has 4 rings (SSSR count). The van der Waals surface area contributed by atoms with E-state index in [1.807, 2.05) is 24.3 Å². The third kappa shape index (κ3) is 3.23. The molecule has 0 unspecified atom stereocenters. The number of amides is 1. The number of azo groups is 1. The van der Waals surface area contributed by atoms with Crippen molar-refractivity contribution in [1.29, 1.82) is 0 Å². The standard InChI is InChI=1S/C20H19N3O4/c1-11(2)12-7-8-14-13(9-12)18(20(25)21-14)22-23-19(24)17-10-26-15-5-3-4-6-16(15)27-17/h3-9,11,17,21,25H,10H2,1-2H3/t17-/m1/s1. The predicted octanol–water partition coefficient (Wildman–Crippen LogP) is 4.45. The van der Waals surface area contributed by atoms with Crippen LogP contribution < -0.4 is 9.47 Å². The lowest BCUT2D eigenvalue weighted by Gasteiger charge is -2.23. The second-order valence-corrected chi connectivity index (χ2v) is 6.68. The van der Waals surface area contributed by atoms with E-state index in [2.05, 4.69) is 29.1 Å². The molecule has 0 saturated heterocycles. The molecule has 0 bridgehead atoms. The summed E-state index contributed by atoms with van der Waals surface area (Å²) in [5, 5.41) is 18.6. The third-order valence-electron chi connectivity index (χ3n) is 4.48. The number of hydrogen-bond acceptors (Lipinski definition) is 5. The predicted molar refractivity (Wildman–Crippen MR) is 99.9 cm³/mol. The van der Waals surface area contributed by atoms with Crippen LogP contribution in [-0.2, 0) is 4.79 Å². The lowest BCUT2D eigenvalue weighted by Crippen LogP contribution is -2.35. The largest absolute Gasteiger partial charge is 0.493 e. The Labute approximate surface area is 155 Å². The van der Waals surface area contributed by atoms with Gasteiger partial charge in [-0.05, 0) is 35.7 Å².